The van der Waals surface area contributed by atoms with E-state index in [1.54, 1.807) is 0 Å². The summed E-state index contributed by atoms with van der Waals surface area (Å²) in [6, 6.07) is 10.2. The molecular weight excluding hydrogens is 240 g/mol. The van der Waals surface area contributed by atoms with Crippen LogP contribution in [0.4, 0.5) is 0 Å². The van der Waals surface area contributed by atoms with Crippen LogP contribution in [0.1, 0.15) is 24.8 Å². The van der Waals surface area contributed by atoms with Gasteiger partial charge in [-0.25, -0.2) is 0 Å². The van der Waals surface area contributed by atoms with Gasteiger partial charge in [-0.05, 0) is 43.2 Å². The molecule has 102 valence electrons. The van der Waals surface area contributed by atoms with Crippen molar-refractivity contribution in [2.75, 3.05) is 0 Å². The lowest BCUT2D eigenvalue weighted by Crippen LogP contribution is -2.35. The van der Waals surface area contributed by atoms with Crippen molar-refractivity contribution in [1.29, 1.82) is 0 Å². The number of allylic oxidation sites excluding steroid dienone is 1. The Kier molecular flexibility index (Phi) is 4.88. The lowest BCUT2D eigenvalue weighted by molar-refractivity contribution is -0.128. The van der Waals surface area contributed by atoms with Crippen molar-refractivity contribution < 1.29 is 15.0 Å². The summed E-state index contributed by atoms with van der Waals surface area (Å²) in [5.41, 5.74) is 1.28. The monoisotopic (exact) mass is 260 g/mol. The summed E-state index contributed by atoms with van der Waals surface area (Å²) >= 11 is 0. The third-order valence-electron chi connectivity index (χ3n) is 3.67. The Hall–Kier alpha value is -1.45. The van der Waals surface area contributed by atoms with E-state index in [0.29, 0.717) is 12.3 Å². The van der Waals surface area contributed by atoms with E-state index in [2.05, 4.69) is 12.1 Å². The second kappa shape index (κ2) is 6.64. The third kappa shape index (κ3) is 4.01. The lowest BCUT2D eigenvalue weighted by atomic mass is 9.87. The summed E-state index contributed by atoms with van der Waals surface area (Å²) in [5.74, 6) is -0.0942. The maximum atomic E-state index is 11.4. The van der Waals surface area contributed by atoms with Gasteiger partial charge in [0.2, 0.25) is 0 Å². The van der Waals surface area contributed by atoms with Crippen LogP contribution in [0.25, 0.3) is 0 Å². The van der Waals surface area contributed by atoms with E-state index in [9.17, 15) is 15.0 Å². The quantitative estimate of drug-likeness (QED) is 0.872. The van der Waals surface area contributed by atoms with E-state index in [1.165, 1.54) is 11.6 Å². The minimum absolute atomic E-state index is 0.300. The van der Waals surface area contributed by atoms with Crippen LogP contribution in [0, 0.1) is 5.92 Å². The molecule has 0 amide bonds. The van der Waals surface area contributed by atoms with Crippen molar-refractivity contribution in [3.63, 3.8) is 0 Å². The summed E-state index contributed by atoms with van der Waals surface area (Å²) < 4.78 is 0. The number of hydrogen-bond donors (Lipinski definition) is 2. The Morgan fingerprint density at radius 3 is 2.63 bits per heavy atom. The molecule has 0 saturated heterocycles. The van der Waals surface area contributed by atoms with Crippen LogP contribution < -0.4 is 0 Å². The Bertz CT molecular complexity index is 439. The van der Waals surface area contributed by atoms with Crippen LogP contribution in [0.3, 0.4) is 0 Å². The fraction of sp³-hybridized carbons (Fsp3) is 0.438. The highest BCUT2D eigenvalue weighted by molar-refractivity contribution is 5.93. The lowest BCUT2D eigenvalue weighted by Gasteiger charge is -2.23. The Morgan fingerprint density at radius 2 is 1.89 bits per heavy atom. The van der Waals surface area contributed by atoms with Crippen molar-refractivity contribution in [2.45, 2.75) is 37.9 Å². The van der Waals surface area contributed by atoms with E-state index in [-0.39, 0.29) is 0 Å². The fourth-order valence-corrected chi connectivity index (χ4v) is 2.48. The van der Waals surface area contributed by atoms with Crippen LogP contribution in [-0.2, 0) is 11.2 Å². The zero-order valence-electron chi connectivity index (χ0n) is 10.9. The molecule has 0 radical (unpaired) electrons. The fourth-order valence-electron chi connectivity index (χ4n) is 2.48. The summed E-state index contributed by atoms with van der Waals surface area (Å²) in [7, 11) is 0. The highest BCUT2D eigenvalue weighted by Gasteiger charge is 2.26. The topological polar surface area (TPSA) is 57.5 Å². The minimum atomic E-state index is -1.27. The third-order valence-corrected chi connectivity index (χ3v) is 3.67. The molecule has 0 aliphatic heterocycles. The Morgan fingerprint density at radius 1 is 1.16 bits per heavy atom. The number of benzene rings is 1. The van der Waals surface area contributed by atoms with Gasteiger partial charge in [-0.15, -0.1) is 0 Å². The van der Waals surface area contributed by atoms with Crippen molar-refractivity contribution in [1.82, 2.24) is 0 Å². The maximum Gasteiger partial charge on any atom is 0.186 e. The first-order valence-electron chi connectivity index (χ1n) is 6.77. The zero-order chi connectivity index (χ0) is 13.7. The number of aryl methyl sites for hydroxylation is 1. The molecule has 1 aromatic rings. The van der Waals surface area contributed by atoms with Crippen LogP contribution >= 0.6 is 0 Å². The number of aliphatic hydroxyl groups excluding tert-OH is 2. The zero-order valence-corrected chi connectivity index (χ0v) is 10.9. The van der Waals surface area contributed by atoms with Gasteiger partial charge >= 0.3 is 0 Å². The van der Waals surface area contributed by atoms with Crippen LogP contribution in [0.15, 0.2) is 42.5 Å². The van der Waals surface area contributed by atoms with E-state index in [4.69, 9.17) is 0 Å². The molecule has 2 rings (SSSR count). The molecule has 1 aliphatic carbocycles. The van der Waals surface area contributed by atoms with Crippen molar-refractivity contribution >= 4 is 5.78 Å². The highest BCUT2D eigenvalue weighted by Crippen LogP contribution is 2.23. The van der Waals surface area contributed by atoms with Gasteiger partial charge in [-0.1, -0.05) is 36.4 Å². The van der Waals surface area contributed by atoms with Gasteiger partial charge in [0, 0.05) is 0 Å². The molecule has 0 bridgehead atoms. The number of aliphatic hydroxyl groups is 2. The number of carbonyl (C=O) groups excluding carboxylic acids is 1. The van der Waals surface area contributed by atoms with Gasteiger partial charge in [-0.3, -0.25) is 4.79 Å². The summed E-state index contributed by atoms with van der Waals surface area (Å²) in [6.45, 7) is 0. The summed E-state index contributed by atoms with van der Waals surface area (Å²) in [5, 5.41) is 19.4. The smallest absolute Gasteiger partial charge is 0.186 e. The van der Waals surface area contributed by atoms with Gasteiger partial charge in [0.25, 0.3) is 0 Å². The molecule has 0 aromatic heterocycles. The number of rotatable bonds is 3. The SMILES string of the molecule is O=C1/C=C\CC(CCc2ccccc2)CC(O)C1O. The molecular formula is C16H20O3. The first-order valence-corrected chi connectivity index (χ1v) is 6.77. The van der Waals surface area contributed by atoms with E-state index in [0.717, 1.165) is 19.3 Å². The Labute approximate surface area is 113 Å². The number of hydrogen-bond acceptors (Lipinski definition) is 3. The molecule has 1 aliphatic rings. The average Bonchev–Trinajstić information content (AvgIpc) is 2.43. The number of ketones is 1. The molecule has 0 heterocycles. The molecule has 19 heavy (non-hydrogen) atoms. The van der Waals surface area contributed by atoms with Gasteiger partial charge in [-0.2, -0.15) is 0 Å². The molecule has 3 unspecified atom stereocenters. The summed E-state index contributed by atoms with van der Waals surface area (Å²) in [6.07, 6.45) is 4.15. The molecule has 3 nitrogen and oxygen atoms in total. The van der Waals surface area contributed by atoms with Crippen molar-refractivity contribution in [3.05, 3.63) is 48.0 Å². The van der Waals surface area contributed by atoms with Gasteiger partial charge in [0.1, 0.15) is 6.10 Å². The minimum Gasteiger partial charge on any atom is -0.390 e. The molecule has 2 N–H and O–H groups in total. The van der Waals surface area contributed by atoms with Gasteiger partial charge in [0.15, 0.2) is 5.78 Å². The highest BCUT2D eigenvalue weighted by atomic mass is 16.3. The second-order valence-corrected chi connectivity index (χ2v) is 5.18. The van der Waals surface area contributed by atoms with Gasteiger partial charge in [0.05, 0.1) is 6.10 Å². The Balaban J connectivity index is 1.93. The summed E-state index contributed by atoms with van der Waals surface area (Å²) in [4.78, 5) is 11.4. The largest absolute Gasteiger partial charge is 0.390 e. The number of carbonyl (C=O) groups is 1. The molecule has 0 spiro atoms. The molecule has 1 aromatic carbocycles. The normalized spacial score (nSPS) is 29.6. The molecule has 3 heteroatoms. The first-order chi connectivity index (χ1) is 9.16. The molecule has 3 atom stereocenters. The van der Waals surface area contributed by atoms with E-state index < -0.39 is 18.0 Å². The van der Waals surface area contributed by atoms with Crippen LogP contribution in [0.5, 0.6) is 0 Å². The van der Waals surface area contributed by atoms with E-state index in [1.807, 2.05) is 24.3 Å². The van der Waals surface area contributed by atoms with Crippen LogP contribution in [-0.4, -0.2) is 28.2 Å². The first kappa shape index (κ1) is 14.0. The molecule has 0 saturated carbocycles. The predicted octanol–water partition coefficient (Wildman–Crippen LogP) is 1.88. The van der Waals surface area contributed by atoms with Crippen molar-refractivity contribution in [2.24, 2.45) is 5.92 Å². The predicted molar refractivity (Wildman–Crippen MR) is 73.6 cm³/mol. The standard InChI is InChI=1S/C16H20O3/c17-14-8-4-7-13(11-15(18)16(14)19)10-9-12-5-2-1-3-6-12/h1-6,8,13,15-16,18-19H,7,9-11H2/b8-4-. The maximum absolute atomic E-state index is 11.4. The van der Waals surface area contributed by atoms with E-state index >= 15 is 0 Å². The second-order valence-electron chi connectivity index (χ2n) is 5.18. The average molecular weight is 260 g/mol. The van der Waals surface area contributed by atoms with Crippen LogP contribution in [0.2, 0.25) is 0 Å². The van der Waals surface area contributed by atoms with Crippen molar-refractivity contribution in [3.8, 4) is 0 Å². The van der Waals surface area contributed by atoms with Gasteiger partial charge < -0.3 is 10.2 Å². The molecule has 0 fully saturated rings.